The van der Waals surface area contributed by atoms with Crippen molar-refractivity contribution in [3.05, 3.63) is 11.9 Å². The number of aromatic nitrogens is 2. The van der Waals surface area contributed by atoms with Gasteiger partial charge >= 0.3 is 0 Å². The zero-order valence-corrected chi connectivity index (χ0v) is 11.4. The van der Waals surface area contributed by atoms with E-state index in [4.69, 9.17) is 5.73 Å². The third-order valence-corrected chi connectivity index (χ3v) is 3.83. The summed E-state index contributed by atoms with van der Waals surface area (Å²) in [7, 11) is 1.75. The maximum atomic E-state index is 11.8. The van der Waals surface area contributed by atoms with E-state index in [0.717, 1.165) is 19.6 Å². The molecule has 1 amide bonds. The third-order valence-electron chi connectivity index (χ3n) is 2.89. The average Bonchev–Trinajstić information content (AvgIpc) is 2.70. The molecule has 0 aromatic carbocycles. The normalized spacial score (nSPS) is 16.7. The van der Waals surface area contributed by atoms with Crippen LogP contribution in [0.5, 0.6) is 0 Å². The lowest BCUT2D eigenvalue weighted by molar-refractivity contribution is 0.0944. The minimum Gasteiger partial charge on any atom is -0.396 e. The molecule has 0 saturated carbocycles. The number of amides is 1. The maximum Gasteiger partial charge on any atom is 0.273 e. The number of carbonyl (C=O) groups is 1. The number of anilines is 1. The molecule has 1 aliphatic rings. The van der Waals surface area contributed by atoms with Gasteiger partial charge in [0.25, 0.3) is 5.91 Å². The predicted molar refractivity (Wildman–Crippen MR) is 73.7 cm³/mol. The van der Waals surface area contributed by atoms with Gasteiger partial charge in [-0.1, -0.05) is 0 Å². The van der Waals surface area contributed by atoms with Crippen molar-refractivity contribution in [2.45, 2.75) is 0 Å². The number of hydrogen-bond donors (Lipinski definition) is 2. The quantitative estimate of drug-likeness (QED) is 0.790. The van der Waals surface area contributed by atoms with E-state index in [-0.39, 0.29) is 5.91 Å². The zero-order chi connectivity index (χ0) is 13.0. The molecule has 7 heteroatoms. The average molecular weight is 269 g/mol. The van der Waals surface area contributed by atoms with Gasteiger partial charge in [0.1, 0.15) is 0 Å². The van der Waals surface area contributed by atoms with Crippen LogP contribution in [0.25, 0.3) is 0 Å². The van der Waals surface area contributed by atoms with Crippen LogP contribution in [-0.2, 0) is 7.05 Å². The second kappa shape index (κ2) is 6.10. The number of nitrogens with zero attached hydrogens (tertiary/aromatic N) is 3. The third kappa shape index (κ3) is 3.39. The van der Waals surface area contributed by atoms with E-state index >= 15 is 0 Å². The van der Waals surface area contributed by atoms with Crippen molar-refractivity contribution in [2.75, 3.05) is 43.4 Å². The summed E-state index contributed by atoms with van der Waals surface area (Å²) in [5.41, 5.74) is 6.43. The van der Waals surface area contributed by atoms with Gasteiger partial charge in [-0.2, -0.15) is 16.9 Å². The van der Waals surface area contributed by atoms with Crippen LogP contribution >= 0.6 is 11.8 Å². The summed E-state index contributed by atoms with van der Waals surface area (Å²) in [6, 6.07) is 0. The Balaban J connectivity index is 1.76. The highest BCUT2D eigenvalue weighted by Crippen LogP contribution is 2.09. The molecule has 0 unspecified atom stereocenters. The largest absolute Gasteiger partial charge is 0.396 e. The molecular formula is C11H19N5OS. The van der Waals surface area contributed by atoms with Gasteiger partial charge < -0.3 is 11.1 Å². The van der Waals surface area contributed by atoms with Gasteiger partial charge in [0.2, 0.25) is 0 Å². The van der Waals surface area contributed by atoms with Crippen LogP contribution in [0.2, 0.25) is 0 Å². The Morgan fingerprint density at radius 3 is 2.89 bits per heavy atom. The molecule has 6 nitrogen and oxygen atoms in total. The minimum absolute atomic E-state index is 0.195. The van der Waals surface area contributed by atoms with Crippen LogP contribution in [0.1, 0.15) is 10.5 Å². The first kappa shape index (κ1) is 13.2. The molecule has 1 aromatic rings. The minimum atomic E-state index is -0.195. The zero-order valence-electron chi connectivity index (χ0n) is 10.6. The predicted octanol–water partition coefficient (Wildman–Crippen LogP) is -0.219. The molecule has 0 spiro atoms. The lowest BCUT2D eigenvalue weighted by Crippen LogP contribution is -2.39. The number of carbonyl (C=O) groups excluding carboxylic acids is 1. The summed E-state index contributed by atoms with van der Waals surface area (Å²) < 4.78 is 1.55. The highest BCUT2D eigenvalue weighted by Gasteiger charge is 2.14. The number of nitrogen functional groups attached to an aromatic ring is 1. The molecule has 1 saturated heterocycles. The highest BCUT2D eigenvalue weighted by molar-refractivity contribution is 7.99. The van der Waals surface area contributed by atoms with Crippen LogP contribution in [0.15, 0.2) is 6.20 Å². The van der Waals surface area contributed by atoms with Crippen molar-refractivity contribution >= 4 is 23.4 Å². The number of aryl methyl sites for hydroxylation is 1. The molecule has 0 radical (unpaired) electrons. The first-order valence-corrected chi connectivity index (χ1v) is 7.19. The summed E-state index contributed by atoms with van der Waals surface area (Å²) in [6.45, 7) is 3.73. The van der Waals surface area contributed by atoms with Crippen LogP contribution < -0.4 is 11.1 Å². The molecule has 0 atom stereocenters. The van der Waals surface area contributed by atoms with Crippen LogP contribution in [0.4, 0.5) is 5.69 Å². The van der Waals surface area contributed by atoms with Crippen molar-refractivity contribution in [1.82, 2.24) is 20.0 Å². The molecule has 3 N–H and O–H groups in total. The molecule has 0 bridgehead atoms. The van der Waals surface area contributed by atoms with Crippen LogP contribution in [0.3, 0.4) is 0 Å². The van der Waals surface area contributed by atoms with E-state index < -0.39 is 0 Å². The monoisotopic (exact) mass is 269 g/mol. The fourth-order valence-corrected chi connectivity index (χ4v) is 2.90. The molecule has 2 heterocycles. The van der Waals surface area contributed by atoms with Gasteiger partial charge in [0.15, 0.2) is 5.69 Å². The summed E-state index contributed by atoms with van der Waals surface area (Å²) in [5.74, 6) is 2.17. The van der Waals surface area contributed by atoms with Crippen molar-refractivity contribution in [3.63, 3.8) is 0 Å². The van der Waals surface area contributed by atoms with Gasteiger partial charge in [0.05, 0.1) is 5.69 Å². The topological polar surface area (TPSA) is 76.2 Å². The van der Waals surface area contributed by atoms with E-state index in [1.54, 1.807) is 17.9 Å². The number of nitrogens with one attached hydrogen (secondary N) is 1. The fraction of sp³-hybridized carbons (Fsp3) is 0.636. The fourth-order valence-electron chi connectivity index (χ4n) is 1.92. The Morgan fingerprint density at radius 2 is 2.28 bits per heavy atom. The highest BCUT2D eigenvalue weighted by atomic mass is 32.2. The first-order valence-electron chi connectivity index (χ1n) is 6.04. The SMILES string of the molecule is Cn1cc(N)c(C(=O)NCCN2CCSCC2)n1. The Hall–Kier alpha value is -1.21. The van der Waals surface area contributed by atoms with E-state index in [2.05, 4.69) is 15.3 Å². The van der Waals surface area contributed by atoms with Gasteiger partial charge in [0, 0.05) is 50.9 Å². The number of thioether (sulfide) groups is 1. The maximum absolute atomic E-state index is 11.8. The number of hydrogen-bond acceptors (Lipinski definition) is 5. The van der Waals surface area contributed by atoms with Gasteiger partial charge in [-0.25, -0.2) is 0 Å². The molecule has 2 rings (SSSR count). The lowest BCUT2D eigenvalue weighted by atomic mass is 10.3. The van der Waals surface area contributed by atoms with Crippen molar-refractivity contribution in [1.29, 1.82) is 0 Å². The van der Waals surface area contributed by atoms with E-state index in [0.29, 0.717) is 17.9 Å². The summed E-state index contributed by atoms with van der Waals surface area (Å²) >= 11 is 1.98. The van der Waals surface area contributed by atoms with Crippen molar-refractivity contribution in [3.8, 4) is 0 Å². The molecule has 1 fully saturated rings. The standard InChI is InChI=1S/C11H19N5OS/c1-15-8-9(12)10(14-15)11(17)13-2-3-16-4-6-18-7-5-16/h8H,2-7,12H2,1H3,(H,13,17). The van der Waals surface area contributed by atoms with E-state index in [1.807, 2.05) is 11.8 Å². The summed E-state index contributed by atoms with van der Waals surface area (Å²) in [6.07, 6.45) is 1.64. The van der Waals surface area contributed by atoms with Crippen LogP contribution in [0, 0.1) is 0 Å². The smallest absolute Gasteiger partial charge is 0.273 e. The van der Waals surface area contributed by atoms with E-state index in [9.17, 15) is 4.79 Å². The molecular weight excluding hydrogens is 250 g/mol. The second-order valence-corrected chi connectivity index (χ2v) is 5.54. The molecule has 18 heavy (non-hydrogen) atoms. The Morgan fingerprint density at radius 1 is 1.56 bits per heavy atom. The van der Waals surface area contributed by atoms with Gasteiger partial charge in [-0.15, -0.1) is 0 Å². The number of rotatable bonds is 4. The number of nitrogens with two attached hydrogens (primary N) is 1. The van der Waals surface area contributed by atoms with Crippen LogP contribution in [-0.4, -0.2) is 58.3 Å². The molecule has 0 aliphatic carbocycles. The molecule has 1 aromatic heterocycles. The Bertz CT molecular complexity index is 414. The molecule has 100 valence electrons. The second-order valence-electron chi connectivity index (χ2n) is 4.32. The van der Waals surface area contributed by atoms with Gasteiger partial charge in [-0.3, -0.25) is 14.4 Å². The van der Waals surface area contributed by atoms with Gasteiger partial charge in [-0.05, 0) is 0 Å². The Kier molecular flexibility index (Phi) is 4.48. The summed E-state index contributed by atoms with van der Waals surface area (Å²) in [4.78, 5) is 14.2. The van der Waals surface area contributed by atoms with Crippen molar-refractivity contribution in [2.24, 2.45) is 7.05 Å². The lowest BCUT2D eigenvalue weighted by Gasteiger charge is -2.25. The van der Waals surface area contributed by atoms with E-state index in [1.165, 1.54) is 11.5 Å². The van der Waals surface area contributed by atoms with Crippen molar-refractivity contribution < 1.29 is 4.79 Å². The Labute approximate surface area is 111 Å². The first-order chi connectivity index (χ1) is 8.66. The molecule has 1 aliphatic heterocycles. The summed E-state index contributed by atoms with van der Waals surface area (Å²) in [5, 5.41) is 6.90.